The highest BCUT2D eigenvalue weighted by atomic mass is 32.2. The van der Waals surface area contributed by atoms with Gasteiger partial charge in [0, 0.05) is 11.1 Å². The van der Waals surface area contributed by atoms with Gasteiger partial charge in [0.05, 0.1) is 27.1 Å². The van der Waals surface area contributed by atoms with Crippen molar-refractivity contribution in [1.82, 2.24) is 0 Å². The van der Waals surface area contributed by atoms with Crippen LogP contribution in [0.5, 0.6) is 0 Å². The van der Waals surface area contributed by atoms with Gasteiger partial charge in [-0.05, 0) is 49.9 Å². The maximum atomic E-state index is 13.3. The molecule has 0 aromatic heterocycles. The van der Waals surface area contributed by atoms with E-state index in [-0.39, 0.29) is 5.69 Å². The minimum absolute atomic E-state index is 0.0963. The Kier molecular flexibility index (Phi) is 6.32. The number of benzene rings is 1. The van der Waals surface area contributed by atoms with Gasteiger partial charge in [0.2, 0.25) is 0 Å². The van der Waals surface area contributed by atoms with Gasteiger partial charge in [-0.15, -0.1) is 0 Å². The molecule has 0 atom stereocenters. The van der Waals surface area contributed by atoms with E-state index in [0.717, 1.165) is 17.0 Å². The number of hydrogen-bond donors (Lipinski definition) is 0. The molecule has 0 saturated carbocycles. The fourth-order valence-corrected chi connectivity index (χ4v) is 4.54. The quantitative estimate of drug-likeness (QED) is 0.256. The van der Waals surface area contributed by atoms with E-state index in [4.69, 9.17) is 0 Å². The van der Waals surface area contributed by atoms with Crippen LogP contribution in [0.2, 0.25) is 0 Å². The average Bonchev–Trinajstić information content (AvgIpc) is 2.95. The molecule has 1 aromatic carbocycles. The highest BCUT2D eigenvalue weighted by Crippen LogP contribution is 2.47. The zero-order valence-electron chi connectivity index (χ0n) is 16.8. The smallest absolute Gasteiger partial charge is 0.438 e. The van der Waals surface area contributed by atoms with Crippen molar-refractivity contribution >= 4 is 33.6 Å². The van der Waals surface area contributed by atoms with Crippen LogP contribution in [0, 0.1) is 0 Å². The van der Waals surface area contributed by atoms with Gasteiger partial charge in [-0.2, -0.15) is 26.3 Å². The van der Waals surface area contributed by atoms with E-state index in [1.54, 1.807) is 0 Å². The molecule has 34 heavy (non-hydrogen) atoms. The second kappa shape index (κ2) is 8.37. The molecule has 186 valence electrons. The Morgan fingerprint density at radius 3 is 1.74 bits per heavy atom. The van der Waals surface area contributed by atoms with Crippen molar-refractivity contribution in [3.8, 4) is 0 Å². The lowest BCUT2D eigenvalue weighted by atomic mass is 9.93. The first-order valence-corrected chi connectivity index (χ1v) is 11.1. The SMILES string of the molecule is O=C(OC(CS(=O)(=O)[O-])(C(F)(F)F)C(F)(F)F)c1ccc(N2C(=O)C3=C(CCCC3)C2=O)cc1. The Morgan fingerprint density at radius 1 is 0.912 bits per heavy atom. The second-order valence-corrected chi connectivity index (χ2v) is 8.97. The van der Waals surface area contributed by atoms with Crippen molar-refractivity contribution in [2.45, 2.75) is 43.6 Å². The predicted molar refractivity (Wildman–Crippen MR) is 99.2 cm³/mol. The van der Waals surface area contributed by atoms with E-state index in [1.807, 2.05) is 0 Å². The molecule has 1 heterocycles. The lowest BCUT2D eigenvalue weighted by Crippen LogP contribution is -2.63. The van der Waals surface area contributed by atoms with Crippen LogP contribution in [0.4, 0.5) is 32.0 Å². The van der Waals surface area contributed by atoms with Gasteiger partial charge in [0.25, 0.3) is 11.8 Å². The first-order chi connectivity index (χ1) is 15.5. The Morgan fingerprint density at radius 2 is 1.35 bits per heavy atom. The molecule has 0 spiro atoms. The molecule has 1 aliphatic carbocycles. The molecule has 15 heteroatoms. The van der Waals surface area contributed by atoms with Crippen LogP contribution >= 0.6 is 0 Å². The van der Waals surface area contributed by atoms with Gasteiger partial charge in [0.1, 0.15) is 0 Å². The zero-order chi connectivity index (χ0) is 25.7. The summed E-state index contributed by atoms with van der Waals surface area (Å²) in [6.07, 6.45) is -10.9. The number of carbonyl (C=O) groups is 3. The van der Waals surface area contributed by atoms with Gasteiger partial charge in [-0.3, -0.25) is 9.59 Å². The maximum absolute atomic E-state index is 13.3. The molecule has 0 N–H and O–H groups in total. The lowest BCUT2D eigenvalue weighted by molar-refractivity contribution is -0.356. The van der Waals surface area contributed by atoms with Crippen molar-refractivity contribution in [2.24, 2.45) is 0 Å². The Bertz CT molecular complexity index is 1130. The van der Waals surface area contributed by atoms with E-state index >= 15 is 0 Å². The third-order valence-electron chi connectivity index (χ3n) is 5.31. The summed E-state index contributed by atoms with van der Waals surface area (Å²) in [5.41, 5.74) is -5.96. The lowest BCUT2D eigenvalue weighted by Gasteiger charge is -2.36. The third kappa shape index (κ3) is 4.53. The van der Waals surface area contributed by atoms with Crippen LogP contribution in [-0.2, 0) is 24.4 Å². The molecule has 3 rings (SSSR count). The van der Waals surface area contributed by atoms with Crippen molar-refractivity contribution in [3.63, 3.8) is 0 Å². The number of rotatable bonds is 5. The molecule has 0 saturated heterocycles. The maximum Gasteiger partial charge on any atom is 0.438 e. The number of hydrogen-bond acceptors (Lipinski definition) is 7. The van der Waals surface area contributed by atoms with Crippen molar-refractivity contribution < 1.29 is 58.4 Å². The fourth-order valence-electron chi connectivity index (χ4n) is 3.66. The number of esters is 1. The van der Waals surface area contributed by atoms with Crippen LogP contribution in [-0.4, -0.2) is 54.5 Å². The van der Waals surface area contributed by atoms with Gasteiger partial charge in [0.15, 0.2) is 0 Å². The van der Waals surface area contributed by atoms with Crippen molar-refractivity contribution in [3.05, 3.63) is 41.0 Å². The molecule has 8 nitrogen and oxygen atoms in total. The van der Waals surface area contributed by atoms with E-state index in [9.17, 15) is 53.7 Å². The third-order valence-corrected chi connectivity index (χ3v) is 6.07. The number of anilines is 1. The summed E-state index contributed by atoms with van der Waals surface area (Å²) < 4.78 is 116. The summed E-state index contributed by atoms with van der Waals surface area (Å²) in [6.45, 7) is 0. The number of imide groups is 1. The molecule has 1 aromatic rings. The number of alkyl halides is 6. The first kappa shape index (κ1) is 25.7. The summed E-state index contributed by atoms with van der Waals surface area (Å²) in [5.74, 6) is -6.60. The first-order valence-electron chi connectivity index (χ1n) is 9.50. The monoisotopic (exact) mass is 514 g/mol. The van der Waals surface area contributed by atoms with Crippen LogP contribution in [0.25, 0.3) is 0 Å². The average molecular weight is 514 g/mol. The Hall–Kier alpha value is -2.94. The largest absolute Gasteiger partial charge is 0.748 e. The summed E-state index contributed by atoms with van der Waals surface area (Å²) in [4.78, 5) is 38.0. The van der Waals surface area contributed by atoms with E-state index < -0.39 is 57.2 Å². The number of amides is 2. The van der Waals surface area contributed by atoms with E-state index in [1.165, 1.54) is 0 Å². The molecule has 2 aliphatic rings. The van der Waals surface area contributed by atoms with E-state index in [2.05, 4.69) is 4.74 Å². The minimum atomic E-state index is -6.50. The molecule has 0 unspecified atom stereocenters. The normalized spacial score (nSPS) is 17.8. The fraction of sp³-hybridized carbons (Fsp3) is 0.421. The van der Waals surface area contributed by atoms with Gasteiger partial charge in [-0.1, -0.05) is 0 Å². The molecule has 0 radical (unpaired) electrons. The van der Waals surface area contributed by atoms with Crippen LogP contribution in [0.3, 0.4) is 0 Å². The predicted octanol–water partition coefficient (Wildman–Crippen LogP) is 3.00. The molecule has 0 bridgehead atoms. The number of nitrogens with zero attached hydrogens (tertiary/aromatic N) is 1. The molecule has 2 amide bonds. The molecule has 1 aliphatic heterocycles. The Balaban J connectivity index is 1.90. The van der Waals surface area contributed by atoms with E-state index in [0.29, 0.717) is 49.0 Å². The summed E-state index contributed by atoms with van der Waals surface area (Å²) in [5, 5.41) is 0. The summed E-state index contributed by atoms with van der Waals surface area (Å²) >= 11 is 0. The summed E-state index contributed by atoms with van der Waals surface area (Å²) in [6, 6.07) is 3.24. The van der Waals surface area contributed by atoms with Crippen molar-refractivity contribution in [1.29, 1.82) is 0 Å². The molecular weight excluding hydrogens is 500 g/mol. The molecular formula is C19H14F6NO7S-. The standard InChI is InChI=1S/C19H15F6NO7S/c20-18(21,22)17(19(23,24)25,9-34(30,31)32)33-16(29)10-5-7-11(8-6-10)26-14(27)12-3-1-2-4-13(12)15(26)28/h5-8H,1-4,9H2,(H,30,31,32)/p-1. The van der Waals surface area contributed by atoms with Crippen LogP contribution < -0.4 is 4.90 Å². The van der Waals surface area contributed by atoms with Crippen LogP contribution in [0.15, 0.2) is 35.4 Å². The Labute approximate surface area is 187 Å². The zero-order valence-corrected chi connectivity index (χ0v) is 17.6. The molecule has 0 fully saturated rings. The number of carbonyl (C=O) groups excluding carboxylic acids is 3. The van der Waals surface area contributed by atoms with Gasteiger partial charge in [-0.25, -0.2) is 18.1 Å². The van der Waals surface area contributed by atoms with Gasteiger partial charge >= 0.3 is 23.9 Å². The minimum Gasteiger partial charge on any atom is -0.748 e. The van der Waals surface area contributed by atoms with Crippen molar-refractivity contribution in [2.75, 3.05) is 10.7 Å². The second-order valence-electron chi connectivity index (χ2n) is 7.57. The highest BCUT2D eigenvalue weighted by Gasteiger charge is 2.75. The topological polar surface area (TPSA) is 121 Å². The number of halogens is 6. The number of ether oxygens (including phenoxy) is 1. The summed E-state index contributed by atoms with van der Waals surface area (Å²) in [7, 11) is -6.17. The van der Waals surface area contributed by atoms with Crippen LogP contribution in [0.1, 0.15) is 36.0 Å². The highest BCUT2D eigenvalue weighted by molar-refractivity contribution is 7.85. The van der Waals surface area contributed by atoms with Gasteiger partial charge < -0.3 is 9.29 Å².